The summed E-state index contributed by atoms with van der Waals surface area (Å²) in [7, 11) is 1.58. The number of amides is 1. The van der Waals surface area contributed by atoms with Crippen LogP contribution >= 0.6 is 11.6 Å². The first kappa shape index (κ1) is 15.3. The molecule has 0 spiro atoms. The highest BCUT2D eigenvalue weighted by molar-refractivity contribution is 6.31. The summed E-state index contributed by atoms with van der Waals surface area (Å²) in [5.41, 5.74) is 1.26. The molecule has 5 heteroatoms. The van der Waals surface area contributed by atoms with Crippen molar-refractivity contribution in [3.8, 4) is 0 Å². The fourth-order valence-corrected chi connectivity index (χ4v) is 2.45. The maximum absolute atomic E-state index is 13.7. The van der Waals surface area contributed by atoms with E-state index in [1.807, 2.05) is 25.1 Å². The molecule has 21 heavy (non-hydrogen) atoms. The number of carbonyl (C=O) groups excluding carboxylic acids is 1. The van der Waals surface area contributed by atoms with Crippen molar-refractivity contribution in [1.82, 2.24) is 5.32 Å². The van der Waals surface area contributed by atoms with Crippen molar-refractivity contribution in [2.45, 2.75) is 13.0 Å². The first-order chi connectivity index (χ1) is 10.0. The van der Waals surface area contributed by atoms with Crippen LogP contribution < -0.4 is 10.6 Å². The van der Waals surface area contributed by atoms with Gasteiger partial charge in [-0.25, -0.2) is 4.39 Å². The molecule has 1 amide bonds. The summed E-state index contributed by atoms with van der Waals surface area (Å²) in [4.78, 5) is 12.3. The molecule has 0 bridgehead atoms. The second-order valence-electron chi connectivity index (χ2n) is 4.63. The van der Waals surface area contributed by atoms with Crippen LogP contribution in [0.15, 0.2) is 42.5 Å². The molecule has 0 radical (unpaired) electrons. The molecule has 0 aromatic heterocycles. The van der Waals surface area contributed by atoms with Crippen molar-refractivity contribution in [3.05, 3.63) is 64.4 Å². The Morgan fingerprint density at radius 1 is 1.19 bits per heavy atom. The summed E-state index contributed by atoms with van der Waals surface area (Å²) in [6, 6.07) is 11.4. The number of carbonyl (C=O) groups is 1. The number of rotatable bonds is 4. The lowest BCUT2D eigenvalue weighted by Gasteiger charge is -2.17. The van der Waals surface area contributed by atoms with E-state index in [1.165, 1.54) is 12.1 Å². The van der Waals surface area contributed by atoms with Crippen LogP contribution in [0.4, 0.5) is 10.1 Å². The van der Waals surface area contributed by atoms with E-state index in [2.05, 4.69) is 10.6 Å². The van der Waals surface area contributed by atoms with Crippen LogP contribution in [0, 0.1) is 5.82 Å². The number of nitrogens with one attached hydrogen (secondary N) is 2. The zero-order valence-corrected chi connectivity index (χ0v) is 12.5. The van der Waals surface area contributed by atoms with Crippen molar-refractivity contribution in [2.75, 3.05) is 12.4 Å². The maximum Gasteiger partial charge on any atom is 0.253 e. The van der Waals surface area contributed by atoms with Crippen LogP contribution in [0.3, 0.4) is 0 Å². The Morgan fingerprint density at radius 2 is 1.90 bits per heavy atom. The minimum absolute atomic E-state index is 0.182. The van der Waals surface area contributed by atoms with Gasteiger partial charge in [-0.2, -0.15) is 0 Å². The molecule has 0 aliphatic carbocycles. The van der Waals surface area contributed by atoms with E-state index in [4.69, 9.17) is 11.6 Å². The lowest BCUT2D eigenvalue weighted by Crippen LogP contribution is -2.27. The van der Waals surface area contributed by atoms with Gasteiger partial charge in [0.15, 0.2) is 0 Å². The predicted octanol–water partition coefficient (Wildman–Crippen LogP) is 4.01. The summed E-state index contributed by atoms with van der Waals surface area (Å²) in [5, 5.41) is 6.11. The third-order valence-electron chi connectivity index (χ3n) is 3.23. The molecule has 0 saturated heterocycles. The van der Waals surface area contributed by atoms with Crippen molar-refractivity contribution < 1.29 is 9.18 Å². The Morgan fingerprint density at radius 3 is 2.57 bits per heavy atom. The Kier molecular flexibility index (Phi) is 4.81. The molecule has 2 aromatic carbocycles. The van der Waals surface area contributed by atoms with E-state index in [0.717, 1.165) is 5.56 Å². The summed E-state index contributed by atoms with van der Waals surface area (Å²) in [5.74, 6) is -0.818. The van der Waals surface area contributed by atoms with Crippen LogP contribution in [0.5, 0.6) is 0 Å². The van der Waals surface area contributed by atoms with Crippen LogP contribution in [-0.4, -0.2) is 13.0 Å². The average molecular weight is 307 g/mol. The van der Waals surface area contributed by atoms with Gasteiger partial charge in [0.1, 0.15) is 5.82 Å². The molecule has 110 valence electrons. The lowest BCUT2D eigenvalue weighted by molar-refractivity contribution is 0.0940. The van der Waals surface area contributed by atoms with Gasteiger partial charge in [-0.3, -0.25) is 4.79 Å². The van der Waals surface area contributed by atoms with Crippen LogP contribution in [0.25, 0.3) is 0 Å². The number of halogens is 2. The van der Waals surface area contributed by atoms with Crippen molar-refractivity contribution in [1.29, 1.82) is 0 Å². The number of anilines is 1. The summed E-state index contributed by atoms with van der Waals surface area (Å²) >= 11 is 6.11. The number of hydrogen-bond donors (Lipinski definition) is 2. The highest BCUT2D eigenvalue weighted by atomic mass is 35.5. The van der Waals surface area contributed by atoms with Gasteiger partial charge in [0.2, 0.25) is 0 Å². The van der Waals surface area contributed by atoms with E-state index in [-0.39, 0.29) is 23.2 Å². The number of hydrogen-bond acceptors (Lipinski definition) is 2. The normalized spacial score (nSPS) is 11.8. The van der Waals surface area contributed by atoms with E-state index in [9.17, 15) is 9.18 Å². The Labute approximate surface area is 128 Å². The van der Waals surface area contributed by atoms with Gasteiger partial charge in [-0.05, 0) is 30.7 Å². The van der Waals surface area contributed by atoms with Gasteiger partial charge in [0, 0.05) is 12.1 Å². The zero-order chi connectivity index (χ0) is 15.4. The monoisotopic (exact) mass is 306 g/mol. The van der Waals surface area contributed by atoms with Gasteiger partial charge in [-0.15, -0.1) is 0 Å². The lowest BCUT2D eigenvalue weighted by atomic mass is 10.1. The molecule has 0 aliphatic rings. The number of benzene rings is 2. The van der Waals surface area contributed by atoms with E-state index < -0.39 is 5.82 Å². The van der Waals surface area contributed by atoms with Gasteiger partial charge in [0.25, 0.3) is 5.91 Å². The molecule has 1 unspecified atom stereocenters. The van der Waals surface area contributed by atoms with Gasteiger partial charge in [0.05, 0.1) is 17.3 Å². The van der Waals surface area contributed by atoms with E-state index >= 15 is 0 Å². The third kappa shape index (κ3) is 3.34. The van der Waals surface area contributed by atoms with Crippen molar-refractivity contribution >= 4 is 23.2 Å². The fourth-order valence-electron chi connectivity index (χ4n) is 2.15. The Bertz CT molecular complexity index is 660. The standard InChI is InChI=1S/C16H16ClFN2O/c1-10(11-6-3-4-8-13(11)17)20-16(21)12-7-5-9-14(18)15(12)19-2/h3-10,19H,1-2H3,(H,20,21). The molecule has 2 rings (SSSR count). The van der Waals surface area contributed by atoms with Crippen molar-refractivity contribution in [2.24, 2.45) is 0 Å². The molecule has 1 atom stereocenters. The van der Waals surface area contributed by atoms with Gasteiger partial charge < -0.3 is 10.6 Å². The Hall–Kier alpha value is -2.07. The van der Waals surface area contributed by atoms with Crippen molar-refractivity contribution in [3.63, 3.8) is 0 Å². The van der Waals surface area contributed by atoms with E-state index in [0.29, 0.717) is 5.02 Å². The molecule has 0 heterocycles. The maximum atomic E-state index is 13.7. The average Bonchev–Trinajstić information content (AvgIpc) is 2.47. The summed E-state index contributed by atoms with van der Waals surface area (Å²) < 4.78 is 13.7. The third-order valence-corrected chi connectivity index (χ3v) is 3.57. The molecule has 2 N–H and O–H groups in total. The first-order valence-electron chi connectivity index (χ1n) is 6.56. The van der Waals surface area contributed by atoms with Gasteiger partial charge in [-0.1, -0.05) is 35.9 Å². The molecular weight excluding hydrogens is 291 g/mol. The highest BCUT2D eigenvalue weighted by Gasteiger charge is 2.17. The second-order valence-corrected chi connectivity index (χ2v) is 5.04. The van der Waals surface area contributed by atoms with E-state index in [1.54, 1.807) is 19.2 Å². The smallest absolute Gasteiger partial charge is 0.253 e. The molecule has 2 aromatic rings. The van der Waals surface area contributed by atoms with Crippen LogP contribution in [-0.2, 0) is 0 Å². The van der Waals surface area contributed by atoms with Crippen LogP contribution in [0.1, 0.15) is 28.9 Å². The molecular formula is C16H16ClFN2O. The molecule has 0 saturated carbocycles. The molecule has 3 nitrogen and oxygen atoms in total. The minimum Gasteiger partial charge on any atom is -0.385 e. The van der Waals surface area contributed by atoms with Gasteiger partial charge >= 0.3 is 0 Å². The predicted molar refractivity (Wildman–Crippen MR) is 83.3 cm³/mol. The fraction of sp³-hybridized carbons (Fsp3) is 0.188. The molecule has 0 fully saturated rings. The van der Waals surface area contributed by atoms with Crippen LogP contribution in [0.2, 0.25) is 5.02 Å². The zero-order valence-electron chi connectivity index (χ0n) is 11.8. The first-order valence-corrected chi connectivity index (χ1v) is 6.94. The second kappa shape index (κ2) is 6.59. The summed E-state index contributed by atoms with van der Waals surface area (Å²) in [6.45, 7) is 1.83. The highest BCUT2D eigenvalue weighted by Crippen LogP contribution is 2.24. The topological polar surface area (TPSA) is 41.1 Å². The molecule has 0 aliphatic heterocycles. The Balaban J connectivity index is 2.23. The quantitative estimate of drug-likeness (QED) is 0.896. The largest absolute Gasteiger partial charge is 0.385 e. The SMILES string of the molecule is CNc1c(F)cccc1C(=O)NC(C)c1ccccc1Cl. The number of para-hydroxylation sites is 1. The minimum atomic E-state index is -0.462. The summed E-state index contributed by atoms with van der Waals surface area (Å²) in [6.07, 6.45) is 0.